The van der Waals surface area contributed by atoms with E-state index in [1.807, 2.05) is 0 Å². The quantitative estimate of drug-likeness (QED) is 0.655. The highest BCUT2D eigenvalue weighted by Gasteiger charge is 2.27. The molecule has 0 amide bonds. The molecule has 0 radical (unpaired) electrons. The zero-order valence-corrected chi connectivity index (χ0v) is 9.43. The lowest BCUT2D eigenvalue weighted by molar-refractivity contribution is 0.153. The van der Waals surface area contributed by atoms with E-state index in [2.05, 4.69) is 25.0 Å². The zero-order valence-electron chi connectivity index (χ0n) is 8.43. The van der Waals surface area contributed by atoms with Gasteiger partial charge in [0.05, 0.1) is 6.10 Å². The van der Waals surface area contributed by atoms with Crippen molar-refractivity contribution < 1.29 is 5.11 Å². The molecule has 1 aliphatic heterocycles. The molecule has 1 heterocycles. The van der Waals surface area contributed by atoms with Gasteiger partial charge >= 0.3 is 0 Å². The van der Waals surface area contributed by atoms with Crippen LogP contribution in [0.15, 0.2) is 0 Å². The van der Waals surface area contributed by atoms with E-state index < -0.39 is 8.07 Å². The second kappa shape index (κ2) is 3.90. The van der Waals surface area contributed by atoms with Gasteiger partial charge in [-0.15, -0.1) is 0 Å². The summed E-state index contributed by atoms with van der Waals surface area (Å²) in [7, 11) is -1.08. The summed E-state index contributed by atoms with van der Waals surface area (Å²) in [5.41, 5.74) is 0. The average molecular weight is 187 g/mol. The molecule has 72 valence electrons. The molecule has 0 aromatic rings. The summed E-state index contributed by atoms with van der Waals surface area (Å²) in [6, 6.07) is 1.42. The monoisotopic (exact) mass is 187 g/mol. The van der Waals surface area contributed by atoms with Crippen LogP contribution in [0.4, 0.5) is 0 Å². The minimum Gasteiger partial charge on any atom is -0.392 e. The van der Waals surface area contributed by atoms with Crippen LogP contribution >= 0.6 is 0 Å². The van der Waals surface area contributed by atoms with Gasteiger partial charge in [0.2, 0.25) is 0 Å². The molecule has 0 aromatic carbocycles. The standard InChI is InChI=1S/C9H21NOSi/c1-12(2,3)7-9(11)8-5-4-6-10-8/h8-11H,4-7H2,1-3H3. The summed E-state index contributed by atoms with van der Waals surface area (Å²) in [6.07, 6.45) is 2.29. The van der Waals surface area contributed by atoms with Gasteiger partial charge in [0, 0.05) is 14.1 Å². The summed E-state index contributed by atoms with van der Waals surface area (Å²) in [6.45, 7) is 8.02. The van der Waals surface area contributed by atoms with Crippen LogP contribution in [0.1, 0.15) is 12.8 Å². The second-order valence-corrected chi connectivity index (χ2v) is 10.6. The fraction of sp³-hybridized carbons (Fsp3) is 1.00. The molecular weight excluding hydrogens is 166 g/mol. The molecule has 0 aromatic heterocycles. The summed E-state index contributed by atoms with van der Waals surface area (Å²) in [5, 5.41) is 13.2. The Balaban J connectivity index is 2.31. The van der Waals surface area contributed by atoms with Gasteiger partial charge in [-0.3, -0.25) is 0 Å². The third-order valence-corrected chi connectivity index (χ3v) is 4.03. The smallest absolute Gasteiger partial charge is 0.0669 e. The van der Waals surface area contributed by atoms with Crippen molar-refractivity contribution >= 4 is 8.07 Å². The molecule has 0 bridgehead atoms. The molecule has 2 atom stereocenters. The van der Waals surface area contributed by atoms with Gasteiger partial charge in [-0.1, -0.05) is 19.6 Å². The molecule has 12 heavy (non-hydrogen) atoms. The van der Waals surface area contributed by atoms with Gasteiger partial charge in [-0.05, 0) is 25.4 Å². The zero-order chi connectivity index (χ0) is 9.19. The second-order valence-electron chi connectivity index (χ2n) is 5.03. The van der Waals surface area contributed by atoms with Crippen LogP contribution in [0.25, 0.3) is 0 Å². The lowest BCUT2D eigenvalue weighted by atomic mass is 10.1. The van der Waals surface area contributed by atoms with E-state index in [9.17, 15) is 5.11 Å². The SMILES string of the molecule is C[Si](C)(C)CC(O)C1CCCN1. The molecule has 1 saturated heterocycles. The van der Waals surface area contributed by atoms with Crippen LogP contribution in [0.2, 0.25) is 25.7 Å². The molecular formula is C9H21NOSi. The van der Waals surface area contributed by atoms with Gasteiger partial charge in [0.1, 0.15) is 0 Å². The van der Waals surface area contributed by atoms with Crippen molar-refractivity contribution in [2.75, 3.05) is 6.54 Å². The molecule has 1 fully saturated rings. The van der Waals surface area contributed by atoms with Gasteiger partial charge in [0.15, 0.2) is 0 Å². The van der Waals surface area contributed by atoms with Crippen LogP contribution in [0.5, 0.6) is 0 Å². The molecule has 1 aliphatic rings. The van der Waals surface area contributed by atoms with Gasteiger partial charge in [-0.25, -0.2) is 0 Å². The Bertz CT molecular complexity index is 138. The van der Waals surface area contributed by atoms with E-state index >= 15 is 0 Å². The summed E-state index contributed by atoms with van der Waals surface area (Å²) in [4.78, 5) is 0. The largest absolute Gasteiger partial charge is 0.392 e. The molecule has 2 nitrogen and oxygen atoms in total. The third-order valence-electron chi connectivity index (χ3n) is 2.38. The Hall–Kier alpha value is 0.137. The van der Waals surface area contributed by atoms with Crippen LogP contribution in [0.3, 0.4) is 0 Å². The van der Waals surface area contributed by atoms with Gasteiger partial charge in [0.25, 0.3) is 0 Å². The van der Waals surface area contributed by atoms with Crippen molar-refractivity contribution in [2.45, 2.75) is 50.7 Å². The van der Waals surface area contributed by atoms with Crippen LogP contribution < -0.4 is 5.32 Å². The Kier molecular flexibility index (Phi) is 3.32. The maximum atomic E-state index is 9.86. The van der Waals surface area contributed by atoms with Crippen molar-refractivity contribution in [1.82, 2.24) is 5.32 Å². The van der Waals surface area contributed by atoms with Gasteiger partial charge in [-0.2, -0.15) is 0 Å². The molecule has 2 unspecified atom stereocenters. The number of aliphatic hydroxyl groups is 1. The van der Waals surface area contributed by atoms with E-state index in [1.54, 1.807) is 0 Å². The highest BCUT2D eigenvalue weighted by Crippen LogP contribution is 2.18. The molecule has 0 spiro atoms. The first-order valence-electron chi connectivity index (χ1n) is 4.90. The first-order chi connectivity index (χ1) is 5.49. The van der Waals surface area contributed by atoms with Crippen molar-refractivity contribution in [3.63, 3.8) is 0 Å². The van der Waals surface area contributed by atoms with Crippen molar-refractivity contribution in [3.8, 4) is 0 Å². The Morgan fingerprint density at radius 2 is 2.17 bits per heavy atom. The van der Waals surface area contributed by atoms with Crippen LogP contribution in [-0.2, 0) is 0 Å². The topological polar surface area (TPSA) is 32.3 Å². The van der Waals surface area contributed by atoms with Crippen molar-refractivity contribution in [1.29, 1.82) is 0 Å². The summed E-state index contributed by atoms with van der Waals surface area (Å²) < 4.78 is 0. The van der Waals surface area contributed by atoms with Crippen molar-refractivity contribution in [3.05, 3.63) is 0 Å². The molecule has 2 N–H and O–H groups in total. The number of rotatable bonds is 3. The minimum absolute atomic E-state index is 0.0980. The maximum Gasteiger partial charge on any atom is 0.0669 e. The first-order valence-corrected chi connectivity index (χ1v) is 8.61. The molecule has 0 saturated carbocycles. The lowest BCUT2D eigenvalue weighted by Gasteiger charge is -2.24. The predicted octanol–water partition coefficient (Wildman–Crippen LogP) is 1.44. The fourth-order valence-electron chi connectivity index (χ4n) is 1.81. The minimum atomic E-state index is -1.08. The number of hydrogen-bond donors (Lipinski definition) is 2. The highest BCUT2D eigenvalue weighted by atomic mass is 28.3. The number of hydrogen-bond acceptors (Lipinski definition) is 2. The van der Waals surface area contributed by atoms with E-state index in [1.165, 1.54) is 6.42 Å². The highest BCUT2D eigenvalue weighted by molar-refractivity contribution is 6.76. The average Bonchev–Trinajstić information content (AvgIpc) is 2.32. The Morgan fingerprint density at radius 3 is 2.58 bits per heavy atom. The van der Waals surface area contributed by atoms with E-state index in [0.29, 0.717) is 6.04 Å². The molecule has 1 rings (SSSR count). The lowest BCUT2D eigenvalue weighted by Crippen LogP contribution is -2.39. The summed E-state index contributed by atoms with van der Waals surface area (Å²) in [5.74, 6) is 0. The normalized spacial score (nSPS) is 27.5. The van der Waals surface area contributed by atoms with Gasteiger partial charge < -0.3 is 10.4 Å². The number of nitrogens with one attached hydrogen (secondary N) is 1. The summed E-state index contributed by atoms with van der Waals surface area (Å²) >= 11 is 0. The maximum absolute atomic E-state index is 9.86. The van der Waals surface area contributed by atoms with Crippen LogP contribution in [-0.4, -0.2) is 31.9 Å². The first kappa shape index (κ1) is 10.2. The van der Waals surface area contributed by atoms with E-state index in [0.717, 1.165) is 19.0 Å². The Morgan fingerprint density at radius 1 is 1.50 bits per heavy atom. The van der Waals surface area contributed by atoms with Crippen LogP contribution in [0, 0.1) is 0 Å². The predicted molar refractivity (Wildman–Crippen MR) is 55.2 cm³/mol. The Labute approximate surface area is 76.4 Å². The van der Waals surface area contributed by atoms with Crippen molar-refractivity contribution in [2.24, 2.45) is 0 Å². The fourth-order valence-corrected chi connectivity index (χ4v) is 3.35. The molecule has 3 heteroatoms. The van der Waals surface area contributed by atoms with E-state index in [-0.39, 0.29) is 6.10 Å². The van der Waals surface area contributed by atoms with E-state index in [4.69, 9.17) is 0 Å². The molecule has 0 aliphatic carbocycles. The third kappa shape index (κ3) is 3.25. The number of aliphatic hydroxyl groups excluding tert-OH is 1.